The second kappa shape index (κ2) is 6.49. The van der Waals surface area contributed by atoms with E-state index in [9.17, 15) is 14.9 Å². The molecule has 19 heavy (non-hydrogen) atoms. The summed E-state index contributed by atoms with van der Waals surface area (Å²) in [6.07, 6.45) is 0. The minimum absolute atomic E-state index is 0. The van der Waals surface area contributed by atoms with Crippen LogP contribution in [0.5, 0.6) is 0 Å². The molecule has 1 saturated heterocycles. The summed E-state index contributed by atoms with van der Waals surface area (Å²) in [5, 5.41) is 16.6. The molecule has 0 atom stereocenters. The largest absolute Gasteiger partial charge is 0.352 e. The van der Waals surface area contributed by atoms with E-state index >= 15 is 0 Å². The fourth-order valence-corrected chi connectivity index (χ4v) is 1.83. The van der Waals surface area contributed by atoms with E-state index in [1.54, 1.807) is 13.0 Å². The molecule has 1 amide bonds. The first-order chi connectivity index (χ1) is 8.58. The molecule has 0 bridgehead atoms. The molecule has 2 rings (SSSR count). The van der Waals surface area contributed by atoms with E-state index in [1.165, 1.54) is 12.1 Å². The average Bonchev–Trinajstić information content (AvgIpc) is 2.26. The molecule has 0 radical (unpaired) electrons. The van der Waals surface area contributed by atoms with Crippen molar-refractivity contribution in [2.24, 2.45) is 5.92 Å². The molecule has 7 heteroatoms. The Bertz CT molecular complexity index is 489. The molecule has 0 spiro atoms. The predicted molar refractivity (Wildman–Crippen MR) is 73.8 cm³/mol. The molecule has 1 fully saturated rings. The van der Waals surface area contributed by atoms with Gasteiger partial charge >= 0.3 is 0 Å². The van der Waals surface area contributed by atoms with Gasteiger partial charge in [0, 0.05) is 42.7 Å². The maximum Gasteiger partial charge on any atom is 0.272 e. The number of carbonyl (C=O) groups excluding carboxylic acids is 1. The highest BCUT2D eigenvalue weighted by atomic mass is 35.5. The van der Waals surface area contributed by atoms with Gasteiger partial charge in [-0.25, -0.2) is 0 Å². The van der Waals surface area contributed by atoms with Crippen LogP contribution in [0.15, 0.2) is 18.2 Å². The van der Waals surface area contributed by atoms with Crippen LogP contribution in [0.4, 0.5) is 5.69 Å². The fourth-order valence-electron chi connectivity index (χ4n) is 1.83. The molecule has 1 heterocycles. The van der Waals surface area contributed by atoms with Crippen LogP contribution in [0, 0.1) is 23.0 Å². The highest BCUT2D eigenvalue weighted by Crippen LogP contribution is 2.18. The molecular formula is C12H16ClN3O3. The molecule has 0 aliphatic carbocycles. The summed E-state index contributed by atoms with van der Waals surface area (Å²) in [5.41, 5.74) is 0.998. The van der Waals surface area contributed by atoms with Crippen LogP contribution in [0.3, 0.4) is 0 Å². The summed E-state index contributed by atoms with van der Waals surface area (Å²) < 4.78 is 0. The first-order valence-corrected chi connectivity index (χ1v) is 5.82. The summed E-state index contributed by atoms with van der Waals surface area (Å²) in [6, 6.07) is 4.40. The minimum Gasteiger partial charge on any atom is -0.352 e. The van der Waals surface area contributed by atoms with Gasteiger partial charge in [0.1, 0.15) is 0 Å². The number of halogens is 1. The lowest BCUT2D eigenvalue weighted by Crippen LogP contribution is -2.48. The van der Waals surface area contributed by atoms with E-state index in [2.05, 4.69) is 10.6 Å². The van der Waals surface area contributed by atoms with Gasteiger partial charge in [-0.15, -0.1) is 12.4 Å². The van der Waals surface area contributed by atoms with Crippen molar-refractivity contribution in [3.8, 4) is 0 Å². The molecule has 2 N–H and O–H groups in total. The summed E-state index contributed by atoms with van der Waals surface area (Å²) >= 11 is 0. The normalized spacial score (nSPS) is 14.2. The number of hydrogen-bond donors (Lipinski definition) is 2. The Balaban J connectivity index is 0.00000180. The van der Waals surface area contributed by atoms with Crippen LogP contribution < -0.4 is 10.6 Å². The Morgan fingerprint density at radius 3 is 2.68 bits per heavy atom. The first kappa shape index (κ1) is 15.4. The van der Waals surface area contributed by atoms with Gasteiger partial charge in [0.15, 0.2) is 0 Å². The lowest BCUT2D eigenvalue weighted by atomic mass is 10.0. The third kappa shape index (κ3) is 3.65. The van der Waals surface area contributed by atoms with Gasteiger partial charge in [-0.1, -0.05) is 0 Å². The van der Waals surface area contributed by atoms with Crippen LogP contribution >= 0.6 is 12.4 Å². The number of benzene rings is 1. The number of amides is 1. The van der Waals surface area contributed by atoms with Crippen LogP contribution in [0.25, 0.3) is 0 Å². The predicted octanol–water partition coefficient (Wildman–Crippen LogP) is 1.27. The maximum absolute atomic E-state index is 11.8. The number of hydrogen-bond acceptors (Lipinski definition) is 4. The summed E-state index contributed by atoms with van der Waals surface area (Å²) in [6.45, 7) is 4.13. The van der Waals surface area contributed by atoms with Crippen molar-refractivity contribution >= 4 is 24.0 Å². The molecule has 1 aromatic rings. The van der Waals surface area contributed by atoms with Crippen molar-refractivity contribution in [1.82, 2.24) is 10.6 Å². The van der Waals surface area contributed by atoms with Crippen molar-refractivity contribution in [2.45, 2.75) is 6.92 Å². The Kier molecular flexibility index (Phi) is 5.26. The van der Waals surface area contributed by atoms with Crippen molar-refractivity contribution in [3.63, 3.8) is 0 Å². The molecule has 6 nitrogen and oxygen atoms in total. The lowest BCUT2D eigenvalue weighted by molar-refractivity contribution is -0.385. The van der Waals surface area contributed by atoms with E-state index in [4.69, 9.17) is 0 Å². The quantitative estimate of drug-likeness (QED) is 0.644. The standard InChI is InChI=1S/C12H15N3O3.ClH/c1-8-4-10(2-3-11(8)15(17)18)12(16)14-7-9-5-13-6-9;/h2-4,9,13H,5-7H2,1H3,(H,14,16);1H. The SMILES string of the molecule is Cc1cc(C(=O)NCC2CNC2)ccc1[N+](=O)[O-].Cl. The molecule has 1 aliphatic rings. The number of carbonyl (C=O) groups is 1. The van der Waals surface area contributed by atoms with Gasteiger partial charge in [0.25, 0.3) is 11.6 Å². The van der Waals surface area contributed by atoms with Crippen molar-refractivity contribution < 1.29 is 9.72 Å². The zero-order valence-electron chi connectivity index (χ0n) is 10.5. The number of nitrogens with zero attached hydrogens (tertiary/aromatic N) is 1. The monoisotopic (exact) mass is 285 g/mol. The van der Waals surface area contributed by atoms with Gasteiger partial charge in [-0.2, -0.15) is 0 Å². The van der Waals surface area contributed by atoms with Gasteiger partial charge in [-0.05, 0) is 19.1 Å². The lowest BCUT2D eigenvalue weighted by Gasteiger charge is -2.27. The van der Waals surface area contributed by atoms with E-state index in [-0.39, 0.29) is 24.0 Å². The molecule has 104 valence electrons. The molecule has 0 unspecified atom stereocenters. The van der Waals surface area contributed by atoms with Gasteiger partial charge in [-0.3, -0.25) is 14.9 Å². The number of nitro benzene ring substituents is 1. The van der Waals surface area contributed by atoms with E-state index in [1.807, 2.05) is 0 Å². The van der Waals surface area contributed by atoms with Crippen molar-refractivity contribution in [3.05, 3.63) is 39.4 Å². The van der Waals surface area contributed by atoms with Gasteiger partial charge in [0.05, 0.1) is 4.92 Å². The first-order valence-electron chi connectivity index (χ1n) is 5.82. The molecule has 0 aromatic heterocycles. The molecule has 1 aromatic carbocycles. The second-order valence-corrected chi connectivity index (χ2v) is 4.49. The summed E-state index contributed by atoms with van der Waals surface area (Å²) in [7, 11) is 0. The van der Waals surface area contributed by atoms with E-state index in [0.29, 0.717) is 23.6 Å². The van der Waals surface area contributed by atoms with Gasteiger partial charge in [0.2, 0.25) is 0 Å². The Morgan fingerprint density at radius 1 is 1.53 bits per heavy atom. The fraction of sp³-hybridized carbons (Fsp3) is 0.417. The minimum atomic E-state index is -0.447. The Labute approximate surface area is 117 Å². The van der Waals surface area contributed by atoms with Crippen LogP contribution in [-0.2, 0) is 0 Å². The topological polar surface area (TPSA) is 84.3 Å². The van der Waals surface area contributed by atoms with Crippen LogP contribution in [-0.4, -0.2) is 30.5 Å². The van der Waals surface area contributed by atoms with Gasteiger partial charge < -0.3 is 10.6 Å². The zero-order valence-corrected chi connectivity index (χ0v) is 11.3. The number of nitrogens with one attached hydrogen (secondary N) is 2. The third-order valence-electron chi connectivity index (χ3n) is 3.07. The van der Waals surface area contributed by atoms with E-state index < -0.39 is 4.92 Å². The number of nitro groups is 1. The Hall–Kier alpha value is -1.66. The molecule has 0 saturated carbocycles. The molecule has 1 aliphatic heterocycles. The maximum atomic E-state index is 11.8. The highest BCUT2D eigenvalue weighted by Gasteiger charge is 2.18. The number of aryl methyl sites for hydroxylation is 1. The smallest absolute Gasteiger partial charge is 0.272 e. The third-order valence-corrected chi connectivity index (χ3v) is 3.07. The average molecular weight is 286 g/mol. The zero-order chi connectivity index (χ0) is 13.1. The Morgan fingerprint density at radius 2 is 2.21 bits per heavy atom. The van der Waals surface area contributed by atoms with Crippen molar-refractivity contribution in [1.29, 1.82) is 0 Å². The highest BCUT2D eigenvalue weighted by molar-refractivity contribution is 5.94. The molecular weight excluding hydrogens is 270 g/mol. The van der Waals surface area contributed by atoms with Crippen LogP contribution in [0.1, 0.15) is 15.9 Å². The van der Waals surface area contributed by atoms with E-state index in [0.717, 1.165) is 13.1 Å². The second-order valence-electron chi connectivity index (χ2n) is 4.49. The van der Waals surface area contributed by atoms with Crippen LogP contribution in [0.2, 0.25) is 0 Å². The van der Waals surface area contributed by atoms with Crippen molar-refractivity contribution in [2.75, 3.05) is 19.6 Å². The summed E-state index contributed by atoms with van der Waals surface area (Å²) in [4.78, 5) is 22.0. The summed E-state index contributed by atoms with van der Waals surface area (Å²) in [5.74, 6) is 0.313. The number of rotatable bonds is 4.